The predicted octanol–water partition coefficient (Wildman–Crippen LogP) is 5.04. The number of rotatable bonds is 7. The van der Waals surface area contributed by atoms with E-state index in [-0.39, 0.29) is 5.41 Å². The summed E-state index contributed by atoms with van der Waals surface area (Å²) in [6.07, 6.45) is 4.33. The van der Waals surface area contributed by atoms with E-state index < -0.39 is 5.60 Å². The van der Waals surface area contributed by atoms with Crippen molar-refractivity contribution in [2.45, 2.75) is 45.3 Å². The van der Waals surface area contributed by atoms with Crippen LogP contribution in [0.3, 0.4) is 0 Å². The van der Waals surface area contributed by atoms with E-state index in [0.29, 0.717) is 35.3 Å². The van der Waals surface area contributed by atoms with E-state index in [1.165, 1.54) is 7.41 Å². The molecule has 10 heteroatoms. The second kappa shape index (κ2) is 9.46. The van der Waals surface area contributed by atoms with E-state index in [9.17, 15) is 15.2 Å². The highest BCUT2D eigenvalue weighted by molar-refractivity contribution is 6.70. The van der Waals surface area contributed by atoms with Crippen molar-refractivity contribution in [1.29, 1.82) is 5.26 Å². The summed E-state index contributed by atoms with van der Waals surface area (Å²) in [7, 11) is 1.47. The molecule has 8 nitrogen and oxygen atoms in total. The lowest BCUT2D eigenvalue weighted by molar-refractivity contribution is 0.0628. The monoisotopic (exact) mass is 525 g/mol. The Morgan fingerprint density at radius 1 is 1.29 bits per heavy atom. The van der Waals surface area contributed by atoms with E-state index in [1.807, 2.05) is 39.8 Å². The van der Waals surface area contributed by atoms with Crippen molar-refractivity contribution in [1.82, 2.24) is 14.5 Å². The van der Waals surface area contributed by atoms with Gasteiger partial charge in [0.25, 0.3) is 0 Å². The van der Waals surface area contributed by atoms with E-state index >= 15 is 0 Å². The Morgan fingerprint density at radius 2 is 2.08 bits per heavy atom. The number of halogens is 1. The lowest BCUT2D eigenvalue weighted by Gasteiger charge is -2.20. The second-order valence-corrected chi connectivity index (χ2v) is 11.3. The zero-order valence-corrected chi connectivity index (χ0v) is 22.4. The van der Waals surface area contributed by atoms with Gasteiger partial charge in [-0.15, -0.1) is 0 Å². The lowest BCUT2D eigenvalue weighted by Crippen LogP contribution is -2.32. The molecule has 5 rings (SSSR count). The highest BCUT2D eigenvalue weighted by Crippen LogP contribution is 2.44. The van der Waals surface area contributed by atoms with E-state index in [1.54, 1.807) is 32.2 Å². The van der Waals surface area contributed by atoms with Crippen LogP contribution in [-0.4, -0.2) is 45.4 Å². The molecule has 2 aromatic carbocycles. The van der Waals surface area contributed by atoms with Crippen LogP contribution in [0.4, 0.5) is 17.3 Å². The van der Waals surface area contributed by atoms with E-state index in [0.717, 1.165) is 39.6 Å². The van der Waals surface area contributed by atoms with E-state index in [4.69, 9.17) is 16.6 Å². The Kier molecular flexibility index (Phi) is 6.42. The van der Waals surface area contributed by atoms with Crippen LogP contribution in [0.1, 0.15) is 38.8 Å². The number of anilines is 3. The fraction of sp³-hybridized carbons (Fsp3) is 0.286. The Labute approximate surface area is 227 Å². The number of aromatic nitrogens is 3. The first-order chi connectivity index (χ1) is 18.0. The van der Waals surface area contributed by atoms with Crippen LogP contribution in [0.25, 0.3) is 22.2 Å². The molecule has 38 heavy (non-hydrogen) atoms. The summed E-state index contributed by atoms with van der Waals surface area (Å²) in [6.45, 7) is 8.73. The molecule has 0 unspecified atom stereocenters. The standard InChI is InChI=1S/C28H27BClN6O2/c1-27(2)14-36(29-16-37)25-18(13-31)9-17(10-21(25)27)22-5-7-32-26(33-22)34-23-11-19(30)12-24-20(23)6-8-35(24)15-28(3,4)38/h5-12,16,38H,14-15H2,1-4H3,(H,32,33,34). The van der Waals surface area contributed by atoms with Crippen LogP contribution >= 0.6 is 11.6 Å². The van der Waals surface area contributed by atoms with Gasteiger partial charge in [-0.05, 0) is 55.8 Å². The minimum absolute atomic E-state index is 0.257. The molecule has 2 aromatic heterocycles. The smallest absolute Gasteiger partial charge is 0.329 e. The van der Waals surface area contributed by atoms with Gasteiger partial charge >= 0.3 is 7.41 Å². The molecule has 0 atom stereocenters. The van der Waals surface area contributed by atoms with Crippen LogP contribution in [0.5, 0.6) is 0 Å². The highest BCUT2D eigenvalue weighted by atomic mass is 35.5. The fourth-order valence-corrected chi connectivity index (χ4v) is 5.32. The number of nitriles is 1. The zero-order valence-electron chi connectivity index (χ0n) is 21.7. The van der Waals surface area contributed by atoms with Crippen LogP contribution in [0, 0.1) is 11.3 Å². The largest absolute Gasteiger partial charge is 0.410 e. The van der Waals surface area contributed by atoms with Gasteiger partial charge in [-0.1, -0.05) is 25.4 Å². The third kappa shape index (κ3) is 4.85. The number of hydrogen-bond donors (Lipinski definition) is 2. The summed E-state index contributed by atoms with van der Waals surface area (Å²) < 4.78 is 1.96. The first-order valence-corrected chi connectivity index (χ1v) is 12.6. The Bertz CT molecular complexity index is 1600. The van der Waals surface area contributed by atoms with Gasteiger partial charge in [-0.25, -0.2) is 9.97 Å². The number of nitrogens with one attached hydrogen (secondary N) is 1. The molecule has 0 spiro atoms. The van der Waals surface area contributed by atoms with Gasteiger partial charge in [0.1, 0.15) is 12.3 Å². The van der Waals surface area contributed by atoms with Crippen LogP contribution < -0.4 is 10.1 Å². The number of carbonyl (C=O) groups excluding carboxylic acids is 1. The molecule has 0 saturated carbocycles. The van der Waals surface area contributed by atoms with Crippen LogP contribution in [0.15, 0.2) is 48.8 Å². The van der Waals surface area contributed by atoms with Gasteiger partial charge in [-0.2, -0.15) is 5.26 Å². The average Bonchev–Trinajstić information content (AvgIpc) is 3.35. The average molecular weight is 526 g/mol. The number of hydrogen-bond acceptors (Lipinski definition) is 7. The van der Waals surface area contributed by atoms with Crippen molar-refractivity contribution >= 4 is 53.4 Å². The number of carbonyl (C=O) groups is 1. The van der Waals surface area contributed by atoms with Crippen LogP contribution in [0.2, 0.25) is 5.02 Å². The van der Waals surface area contributed by atoms with Crippen molar-refractivity contribution in [2.75, 3.05) is 16.7 Å². The van der Waals surface area contributed by atoms with Crippen molar-refractivity contribution in [3.8, 4) is 17.3 Å². The van der Waals surface area contributed by atoms with Gasteiger partial charge in [-0.3, -0.25) is 0 Å². The molecule has 1 aliphatic heterocycles. The summed E-state index contributed by atoms with van der Waals surface area (Å²) in [4.78, 5) is 22.2. The summed E-state index contributed by atoms with van der Waals surface area (Å²) in [5.74, 6) is 0.385. The van der Waals surface area contributed by atoms with Crippen molar-refractivity contribution < 1.29 is 9.90 Å². The number of nitrogens with zero attached hydrogens (tertiary/aromatic N) is 5. The van der Waals surface area contributed by atoms with Gasteiger partial charge in [0.15, 0.2) is 0 Å². The molecular formula is C28H27BClN6O2. The minimum atomic E-state index is -0.881. The fourth-order valence-electron chi connectivity index (χ4n) is 5.10. The molecule has 0 aliphatic carbocycles. The first-order valence-electron chi connectivity index (χ1n) is 12.2. The first kappa shape index (κ1) is 25.8. The molecule has 191 valence electrons. The quantitative estimate of drug-likeness (QED) is 0.257. The molecule has 2 N–H and O–H groups in total. The van der Waals surface area contributed by atoms with Crippen molar-refractivity contribution in [3.63, 3.8) is 0 Å². The van der Waals surface area contributed by atoms with Gasteiger partial charge < -0.3 is 24.6 Å². The highest BCUT2D eigenvalue weighted by Gasteiger charge is 2.37. The van der Waals surface area contributed by atoms with Crippen molar-refractivity contribution in [2.24, 2.45) is 0 Å². The normalized spacial score (nSPS) is 14.3. The Balaban J connectivity index is 1.53. The molecule has 3 heterocycles. The number of aliphatic hydroxyl groups is 1. The van der Waals surface area contributed by atoms with E-state index in [2.05, 4.69) is 30.2 Å². The van der Waals surface area contributed by atoms with Gasteiger partial charge in [0.2, 0.25) is 5.95 Å². The Morgan fingerprint density at radius 3 is 2.79 bits per heavy atom. The van der Waals surface area contributed by atoms with Crippen LogP contribution in [-0.2, 0) is 16.8 Å². The molecule has 1 radical (unpaired) electrons. The third-order valence-electron chi connectivity index (χ3n) is 6.66. The molecule has 0 bridgehead atoms. The maximum Gasteiger partial charge on any atom is 0.329 e. The minimum Gasteiger partial charge on any atom is -0.410 e. The second-order valence-electron chi connectivity index (χ2n) is 10.9. The number of benzene rings is 2. The summed E-state index contributed by atoms with van der Waals surface area (Å²) in [6, 6.07) is 13.6. The molecule has 1 aliphatic rings. The van der Waals surface area contributed by atoms with Gasteiger partial charge in [0, 0.05) is 46.0 Å². The summed E-state index contributed by atoms with van der Waals surface area (Å²) >= 11 is 6.45. The van der Waals surface area contributed by atoms with Gasteiger partial charge in [0.05, 0.1) is 34.6 Å². The molecule has 0 saturated heterocycles. The predicted molar refractivity (Wildman–Crippen MR) is 152 cm³/mol. The molecular weight excluding hydrogens is 499 g/mol. The van der Waals surface area contributed by atoms with Crippen molar-refractivity contribution in [3.05, 3.63) is 64.9 Å². The Hall–Kier alpha value is -3.87. The molecule has 0 amide bonds. The maximum atomic E-state index is 11.2. The summed E-state index contributed by atoms with van der Waals surface area (Å²) in [5.41, 5.74) is 4.18. The SMILES string of the molecule is CC(C)(O)Cn1ccc2c(Nc3nccc(-c4cc(C#N)c5c(c4)C(C)(C)CN5[B]C=O)n3)cc(Cl)cc21. The zero-order chi connectivity index (χ0) is 27.2. The molecule has 0 fully saturated rings. The third-order valence-corrected chi connectivity index (χ3v) is 6.88. The topological polar surface area (TPSA) is 107 Å². The molecule has 4 aromatic rings. The maximum absolute atomic E-state index is 11.2. The number of fused-ring (bicyclic) bond motifs is 2. The summed E-state index contributed by atoms with van der Waals surface area (Å²) in [5, 5.41) is 25.0. The lowest BCUT2D eigenvalue weighted by atomic mass is 9.84.